The van der Waals surface area contributed by atoms with Crippen LogP contribution in [0.5, 0.6) is 0 Å². The Bertz CT molecular complexity index is 559. The van der Waals surface area contributed by atoms with Gasteiger partial charge in [0.25, 0.3) is 0 Å². The van der Waals surface area contributed by atoms with Crippen molar-refractivity contribution < 1.29 is 28.2 Å². The van der Waals surface area contributed by atoms with Gasteiger partial charge in [-0.15, -0.1) is 0 Å². The molecule has 1 aliphatic heterocycles. The maximum absolute atomic E-state index is 12.0. The largest absolute Gasteiger partial charge is 0.455 e. The van der Waals surface area contributed by atoms with Crippen molar-refractivity contribution in [1.29, 1.82) is 0 Å². The first-order valence-corrected chi connectivity index (χ1v) is 7.55. The highest BCUT2D eigenvalue weighted by molar-refractivity contribution is 5.86. The summed E-state index contributed by atoms with van der Waals surface area (Å²) in [6.07, 6.45) is -0.168. The van der Waals surface area contributed by atoms with Crippen LogP contribution in [0.25, 0.3) is 0 Å². The minimum absolute atomic E-state index is 0.132. The summed E-state index contributed by atoms with van der Waals surface area (Å²) < 4.78 is 20.9. The van der Waals surface area contributed by atoms with E-state index in [0.717, 1.165) is 0 Å². The van der Waals surface area contributed by atoms with Gasteiger partial charge in [0.15, 0.2) is 0 Å². The van der Waals surface area contributed by atoms with E-state index in [1.807, 2.05) is 20.8 Å². The van der Waals surface area contributed by atoms with Crippen LogP contribution in [0.4, 0.5) is 4.79 Å². The Morgan fingerprint density at radius 1 is 1.35 bits per heavy atom. The maximum atomic E-state index is 12.0. The van der Waals surface area contributed by atoms with Gasteiger partial charge in [0.1, 0.15) is 24.1 Å². The number of ether oxygens (including phenoxy) is 3. The van der Waals surface area contributed by atoms with Crippen molar-refractivity contribution in [2.75, 3.05) is 20.2 Å². The average molecular weight is 325 g/mol. The molecule has 2 heterocycles. The monoisotopic (exact) mass is 325 g/mol. The minimum Gasteiger partial charge on any atom is -0.455 e. The van der Waals surface area contributed by atoms with Gasteiger partial charge in [-0.25, -0.2) is 9.59 Å². The summed E-state index contributed by atoms with van der Waals surface area (Å²) >= 11 is 0. The molecule has 0 spiro atoms. The molecule has 1 saturated heterocycles. The molecule has 1 aromatic heterocycles. The molecule has 1 unspecified atom stereocenters. The lowest BCUT2D eigenvalue weighted by Gasteiger charge is -2.24. The molecular weight excluding hydrogens is 302 g/mol. The van der Waals surface area contributed by atoms with Gasteiger partial charge in [-0.05, 0) is 32.9 Å². The Labute approximate surface area is 135 Å². The summed E-state index contributed by atoms with van der Waals surface area (Å²) in [6, 6.07) is 3.22. The average Bonchev–Trinajstić information content (AvgIpc) is 3.06. The number of nitrogens with zero attached hydrogens (tertiary/aromatic N) is 1. The number of rotatable bonds is 4. The predicted molar refractivity (Wildman–Crippen MR) is 81.0 cm³/mol. The molecule has 0 bridgehead atoms. The number of amides is 1. The third-order valence-electron chi connectivity index (χ3n) is 3.22. The van der Waals surface area contributed by atoms with Crippen LogP contribution in [-0.2, 0) is 20.8 Å². The van der Waals surface area contributed by atoms with Crippen molar-refractivity contribution in [3.63, 3.8) is 0 Å². The van der Waals surface area contributed by atoms with Crippen molar-refractivity contribution in [3.05, 3.63) is 23.7 Å². The molecule has 1 amide bonds. The van der Waals surface area contributed by atoms with Crippen LogP contribution < -0.4 is 0 Å². The molecule has 1 fully saturated rings. The highest BCUT2D eigenvalue weighted by Crippen LogP contribution is 2.19. The Hall–Kier alpha value is -2.02. The highest BCUT2D eigenvalue weighted by atomic mass is 16.6. The molecule has 1 aliphatic rings. The predicted octanol–water partition coefficient (Wildman–Crippen LogP) is 2.59. The first kappa shape index (κ1) is 17.3. The summed E-state index contributed by atoms with van der Waals surface area (Å²) in [6.45, 7) is 6.56. The molecule has 1 atom stereocenters. The van der Waals surface area contributed by atoms with Gasteiger partial charge in [-0.3, -0.25) is 0 Å². The van der Waals surface area contributed by atoms with Crippen molar-refractivity contribution in [2.24, 2.45) is 0 Å². The second kappa shape index (κ2) is 7.04. The smallest absolute Gasteiger partial charge is 0.410 e. The van der Waals surface area contributed by atoms with Gasteiger partial charge in [-0.1, -0.05) is 0 Å². The van der Waals surface area contributed by atoms with E-state index in [-0.39, 0.29) is 11.9 Å². The molecule has 0 saturated carbocycles. The van der Waals surface area contributed by atoms with Crippen LogP contribution in [0.3, 0.4) is 0 Å². The SMILES string of the molecule is COCc1ccc(C(=O)OC2CCN(C(=O)OC(C)(C)C)C2)o1. The van der Waals surface area contributed by atoms with Crippen LogP contribution in [0, 0.1) is 0 Å². The molecule has 23 heavy (non-hydrogen) atoms. The number of hydrogen-bond donors (Lipinski definition) is 0. The van der Waals surface area contributed by atoms with E-state index in [1.54, 1.807) is 24.1 Å². The Morgan fingerprint density at radius 3 is 2.74 bits per heavy atom. The summed E-state index contributed by atoms with van der Waals surface area (Å²) in [4.78, 5) is 25.5. The number of furan rings is 1. The summed E-state index contributed by atoms with van der Waals surface area (Å²) in [5, 5.41) is 0. The number of hydrogen-bond acceptors (Lipinski definition) is 6. The van der Waals surface area contributed by atoms with Crippen molar-refractivity contribution >= 4 is 12.1 Å². The Balaban J connectivity index is 1.84. The zero-order chi connectivity index (χ0) is 17.0. The fourth-order valence-electron chi connectivity index (χ4n) is 2.23. The second-order valence-electron chi connectivity index (χ2n) is 6.44. The lowest BCUT2D eigenvalue weighted by atomic mass is 10.2. The lowest BCUT2D eigenvalue weighted by molar-refractivity contribution is 0.0174. The molecular formula is C16H23NO6. The first-order chi connectivity index (χ1) is 10.8. The highest BCUT2D eigenvalue weighted by Gasteiger charge is 2.32. The van der Waals surface area contributed by atoms with E-state index in [9.17, 15) is 9.59 Å². The van der Waals surface area contributed by atoms with Crippen LogP contribution in [-0.4, -0.2) is 48.9 Å². The second-order valence-corrected chi connectivity index (χ2v) is 6.44. The number of likely N-dealkylation sites (tertiary alicyclic amines) is 1. The standard InChI is InChI=1S/C16H23NO6/c1-16(2,3)23-15(19)17-8-7-11(9-17)22-14(18)13-6-5-12(21-13)10-20-4/h5-6,11H,7-10H2,1-4H3. The quantitative estimate of drug-likeness (QED) is 0.792. The van der Waals surface area contributed by atoms with Gasteiger partial charge in [0.05, 0.1) is 6.54 Å². The molecule has 7 nitrogen and oxygen atoms in total. The van der Waals surface area contributed by atoms with E-state index >= 15 is 0 Å². The van der Waals surface area contributed by atoms with E-state index < -0.39 is 17.7 Å². The molecule has 0 aliphatic carbocycles. The fourth-order valence-corrected chi connectivity index (χ4v) is 2.23. The molecule has 0 aromatic carbocycles. The third kappa shape index (κ3) is 4.99. The van der Waals surface area contributed by atoms with Gasteiger partial charge < -0.3 is 23.5 Å². The van der Waals surface area contributed by atoms with Gasteiger partial charge >= 0.3 is 12.1 Å². The first-order valence-electron chi connectivity index (χ1n) is 7.55. The summed E-state index contributed by atoms with van der Waals surface area (Å²) in [7, 11) is 1.55. The molecule has 2 rings (SSSR count). The summed E-state index contributed by atoms with van der Waals surface area (Å²) in [5.41, 5.74) is -0.544. The van der Waals surface area contributed by atoms with Gasteiger partial charge in [0.2, 0.25) is 5.76 Å². The maximum Gasteiger partial charge on any atom is 0.410 e. The molecule has 1 aromatic rings. The number of carbonyl (C=O) groups is 2. The fraction of sp³-hybridized carbons (Fsp3) is 0.625. The van der Waals surface area contributed by atoms with Gasteiger partial charge in [-0.2, -0.15) is 0 Å². The van der Waals surface area contributed by atoms with E-state index in [0.29, 0.717) is 31.9 Å². The zero-order valence-corrected chi connectivity index (χ0v) is 14.0. The topological polar surface area (TPSA) is 78.2 Å². The van der Waals surface area contributed by atoms with Crippen LogP contribution in [0.15, 0.2) is 16.5 Å². The minimum atomic E-state index is -0.544. The van der Waals surface area contributed by atoms with Gasteiger partial charge in [0, 0.05) is 20.1 Å². The van der Waals surface area contributed by atoms with Crippen molar-refractivity contribution in [1.82, 2.24) is 4.90 Å². The van der Waals surface area contributed by atoms with E-state index in [2.05, 4.69) is 0 Å². The summed E-state index contributed by atoms with van der Waals surface area (Å²) in [5.74, 6) is 0.150. The molecule has 0 N–H and O–H groups in total. The van der Waals surface area contributed by atoms with Crippen LogP contribution in [0.2, 0.25) is 0 Å². The molecule has 128 valence electrons. The van der Waals surface area contributed by atoms with Crippen molar-refractivity contribution in [2.45, 2.75) is 45.5 Å². The number of carbonyl (C=O) groups excluding carboxylic acids is 2. The number of esters is 1. The normalized spacial score (nSPS) is 18.1. The van der Waals surface area contributed by atoms with Crippen LogP contribution >= 0.6 is 0 Å². The number of methoxy groups -OCH3 is 1. The Morgan fingerprint density at radius 2 is 2.09 bits per heavy atom. The van der Waals surface area contributed by atoms with E-state index in [4.69, 9.17) is 18.6 Å². The molecule has 7 heteroatoms. The third-order valence-corrected chi connectivity index (χ3v) is 3.22. The molecule has 0 radical (unpaired) electrons. The van der Waals surface area contributed by atoms with Crippen molar-refractivity contribution in [3.8, 4) is 0 Å². The van der Waals surface area contributed by atoms with Crippen LogP contribution in [0.1, 0.15) is 43.5 Å². The lowest BCUT2D eigenvalue weighted by Crippen LogP contribution is -2.36. The zero-order valence-electron chi connectivity index (χ0n) is 14.0. The van der Waals surface area contributed by atoms with E-state index in [1.165, 1.54) is 0 Å². The Kier molecular flexibility index (Phi) is 5.30.